The molecular weight excluding hydrogens is 544 g/mol. The van der Waals surface area contributed by atoms with Gasteiger partial charge in [0.1, 0.15) is 39.6 Å². The second kappa shape index (κ2) is 10.0. The number of halogens is 4. The molecule has 0 aliphatic heterocycles. The minimum absolute atomic E-state index is 0.0764. The lowest BCUT2D eigenvalue weighted by Gasteiger charge is -2.28. The Labute approximate surface area is 234 Å². The van der Waals surface area contributed by atoms with E-state index in [0.29, 0.717) is 30.3 Å². The van der Waals surface area contributed by atoms with Gasteiger partial charge < -0.3 is 9.84 Å². The third kappa shape index (κ3) is 5.23. The average molecular weight is 568 g/mol. The van der Waals surface area contributed by atoms with Gasteiger partial charge in [-0.05, 0) is 38.3 Å². The molecule has 0 unspecified atom stereocenters. The summed E-state index contributed by atoms with van der Waals surface area (Å²) in [4.78, 5) is 30.1. The Hall–Kier alpha value is -3.70. The molecule has 1 fully saturated rings. The first-order valence-electron chi connectivity index (χ1n) is 12.4. The van der Waals surface area contributed by atoms with Gasteiger partial charge in [0.15, 0.2) is 21.5 Å². The second-order valence-corrected chi connectivity index (χ2v) is 10.8. The molecule has 0 atom stereocenters. The molecule has 1 saturated carbocycles. The van der Waals surface area contributed by atoms with Crippen LogP contribution in [0.15, 0.2) is 41.6 Å². The molecule has 0 radical (unpaired) electrons. The zero-order valence-corrected chi connectivity index (χ0v) is 22.9. The van der Waals surface area contributed by atoms with Gasteiger partial charge in [-0.15, -0.1) is 0 Å². The van der Waals surface area contributed by atoms with Crippen molar-refractivity contribution in [2.24, 2.45) is 0 Å². The topological polar surface area (TPSA) is 103 Å². The highest BCUT2D eigenvalue weighted by atomic mass is 35.5. The molecule has 204 valence electrons. The normalized spacial score (nSPS) is 14.3. The molecule has 0 spiro atoms. The van der Waals surface area contributed by atoms with Gasteiger partial charge in [-0.25, -0.2) is 23.1 Å². The number of pyridine rings is 3. The van der Waals surface area contributed by atoms with Crippen molar-refractivity contribution in [3.05, 3.63) is 92.4 Å². The third-order valence-electron chi connectivity index (χ3n) is 6.71. The summed E-state index contributed by atoms with van der Waals surface area (Å²) in [6.07, 6.45) is 5.28. The van der Waals surface area contributed by atoms with Gasteiger partial charge in [-0.1, -0.05) is 11.6 Å². The number of aliphatic hydroxyl groups is 1. The quantitative estimate of drug-likeness (QED) is 0.342. The van der Waals surface area contributed by atoms with Gasteiger partial charge >= 0.3 is 0 Å². The molecule has 1 aliphatic carbocycles. The predicted octanol–water partition coefficient (Wildman–Crippen LogP) is 2.29. The van der Waals surface area contributed by atoms with E-state index in [1.807, 2.05) is 0 Å². The van der Waals surface area contributed by atoms with Crippen LogP contribution in [0.5, 0.6) is 5.75 Å². The zero-order chi connectivity index (χ0) is 29.0. The molecule has 5 rings (SSSR count). The van der Waals surface area contributed by atoms with Crippen LogP contribution in [0.4, 0.5) is 13.2 Å². The maximum Gasteiger partial charge on any atom is 0.278 e. The molecule has 4 heterocycles. The van der Waals surface area contributed by atoms with Crippen LogP contribution in [-0.4, -0.2) is 50.9 Å². The van der Waals surface area contributed by atoms with Crippen LogP contribution < -0.4 is 10.3 Å². The van der Waals surface area contributed by atoms with Crippen LogP contribution >= 0.6 is 11.6 Å². The van der Waals surface area contributed by atoms with Crippen LogP contribution in [0.25, 0.3) is 17.1 Å². The Kier molecular flexibility index (Phi) is 6.99. The van der Waals surface area contributed by atoms with E-state index in [4.69, 9.17) is 16.3 Å². The van der Waals surface area contributed by atoms with Gasteiger partial charge in [0, 0.05) is 36.6 Å². The summed E-state index contributed by atoms with van der Waals surface area (Å²) in [7, 11) is 2.98. The molecule has 1 aliphatic rings. The Morgan fingerprint density at radius 1 is 1.15 bits per heavy atom. The smallest absolute Gasteiger partial charge is 0.278 e. The van der Waals surface area contributed by atoms with Crippen molar-refractivity contribution in [2.75, 3.05) is 0 Å². The number of hydrogen-bond donors (Lipinski definition) is 1. The summed E-state index contributed by atoms with van der Waals surface area (Å²) in [6, 6.07) is 3.60. The van der Waals surface area contributed by atoms with Crippen molar-refractivity contribution in [1.82, 2.24) is 24.5 Å². The molecule has 0 aromatic carbocycles. The zero-order valence-electron chi connectivity index (χ0n) is 22.1. The maximum atomic E-state index is 16.1. The van der Waals surface area contributed by atoms with Crippen LogP contribution in [0, 0.1) is 31.3 Å². The second-order valence-electron chi connectivity index (χ2n) is 10.4. The molecule has 14 heteroatoms. The highest BCUT2D eigenvalue weighted by Gasteiger charge is 2.41. The number of aryl methyl sites for hydroxylation is 2. The molecule has 4 aromatic heterocycles. The van der Waals surface area contributed by atoms with Gasteiger partial charge in [-0.2, -0.15) is 0 Å². The van der Waals surface area contributed by atoms with Crippen LogP contribution in [0.3, 0.4) is 0 Å². The Bertz CT molecular complexity index is 1720. The van der Waals surface area contributed by atoms with Crippen LogP contribution in [-0.2, 0) is 11.8 Å². The van der Waals surface area contributed by atoms with Crippen LogP contribution in [0.2, 0.25) is 5.02 Å². The van der Waals surface area contributed by atoms with Crippen molar-refractivity contribution in [3.63, 3.8) is 0 Å². The van der Waals surface area contributed by atoms with Crippen LogP contribution in [0.1, 0.15) is 35.6 Å². The summed E-state index contributed by atoms with van der Waals surface area (Å²) < 4.78 is 50.8. The Morgan fingerprint density at radius 2 is 1.88 bits per heavy atom. The SMILES string of the molecule is BC(B)(Oc1cc(C)n(-c2c(C)cnc(-c3ccnc(CC4(O)CC4)n3)c2F)c(=O)c1Cl)c1ncc(F)cc1F. The first kappa shape index (κ1) is 27.9. The fraction of sp³-hybridized carbons (Fsp3) is 0.269. The fourth-order valence-electron chi connectivity index (χ4n) is 4.46. The van der Waals surface area contributed by atoms with Gasteiger partial charge in [-0.3, -0.25) is 19.3 Å². The monoisotopic (exact) mass is 567 g/mol. The van der Waals surface area contributed by atoms with E-state index in [1.54, 1.807) is 13.8 Å². The van der Waals surface area contributed by atoms with E-state index in [0.717, 1.165) is 10.8 Å². The molecule has 4 aromatic rings. The first-order valence-corrected chi connectivity index (χ1v) is 12.8. The summed E-state index contributed by atoms with van der Waals surface area (Å²) in [6.45, 7) is 3.16. The maximum absolute atomic E-state index is 16.1. The standard InChI is InChI=1S/C26H23B2ClF3N5O3/c1-12-10-34-21(16-3-6-33-18(36-16)9-25(39)4-5-25)20(32)22(12)37-13(2)7-17(19(29)24(37)38)40-26(27,28)23-15(31)8-14(30)11-35-23/h3,6-8,10-11,39H,4-5,9,27-28H2,1-2H3. The van der Waals surface area contributed by atoms with Crippen molar-refractivity contribution in [2.45, 2.75) is 44.1 Å². The van der Waals surface area contributed by atoms with E-state index < -0.39 is 34.0 Å². The molecule has 0 saturated heterocycles. The summed E-state index contributed by atoms with van der Waals surface area (Å²) in [5, 5.41) is 8.42. The summed E-state index contributed by atoms with van der Waals surface area (Å²) >= 11 is 6.41. The lowest BCUT2D eigenvalue weighted by molar-refractivity contribution is 0.148. The lowest BCUT2D eigenvalue weighted by Crippen LogP contribution is -2.37. The molecule has 8 nitrogen and oxygen atoms in total. The molecule has 0 amide bonds. The molecule has 40 heavy (non-hydrogen) atoms. The predicted molar refractivity (Wildman–Crippen MR) is 147 cm³/mol. The number of aromatic nitrogens is 5. The lowest BCUT2D eigenvalue weighted by atomic mass is 9.62. The number of ether oxygens (including phenoxy) is 1. The fourth-order valence-corrected chi connectivity index (χ4v) is 4.64. The van der Waals surface area contributed by atoms with Crippen molar-refractivity contribution in [3.8, 4) is 22.8 Å². The number of rotatable bonds is 7. The number of hydrogen-bond acceptors (Lipinski definition) is 7. The largest absolute Gasteiger partial charge is 0.498 e. The summed E-state index contributed by atoms with van der Waals surface area (Å²) in [5.41, 5.74) is -1.16. The van der Waals surface area contributed by atoms with E-state index in [-0.39, 0.29) is 45.7 Å². The van der Waals surface area contributed by atoms with Crippen molar-refractivity contribution >= 4 is 27.3 Å². The minimum Gasteiger partial charge on any atom is -0.498 e. The molecule has 1 N–H and O–H groups in total. The van der Waals surface area contributed by atoms with Gasteiger partial charge in [0.2, 0.25) is 0 Å². The highest BCUT2D eigenvalue weighted by Crippen LogP contribution is 2.38. The highest BCUT2D eigenvalue weighted by molar-refractivity contribution is 6.39. The Balaban J connectivity index is 1.55. The number of nitrogens with zero attached hydrogens (tertiary/aromatic N) is 5. The van der Waals surface area contributed by atoms with Crippen molar-refractivity contribution in [1.29, 1.82) is 0 Å². The molecule has 0 bridgehead atoms. The first-order chi connectivity index (χ1) is 18.8. The third-order valence-corrected chi connectivity index (χ3v) is 7.05. The van der Waals surface area contributed by atoms with E-state index in [1.165, 1.54) is 40.2 Å². The van der Waals surface area contributed by atoms with E-state index in [2.05, 4.69) is 19.9 Å². The Morgan fingerprint density at radius 3 is 2.55 bits per heavy atom. The summed E-state index contributed by atoms with van der Waals surface area (Å²) in [5.74, 6) is -2.30. The van der Waals surface area contributed by atoms with E-state index in [9.17, 15) is 18.7 Å². The minimum atomic E-state index is -1.43. The van der Waals surface area contributed by atoms with Crippen molar-refractivity contribution < 1.29 is 23.0 Å². The molecular formula is C26H23B2ClF3N5O3. The van der Waals surface area contributed by atoms with E-state index >= 15 is 4.39 Å². The van der Waals surface area contributed by atoms with Gasteiger partial charge in [0.05, 0.1) is 28.6 Å². The van der Waals surface area contributed by atoms with Gasteiger partial charge in [0.25, 0.3) is 5.56 Å². The average Bonchev–Trinajstić information content (AvgIpc) is 3.60.